The maximum Gasteiger partial charge on any atom is 0.223 e. The number of nitrogens with zero attached hydrogens (tertiary/aromatic N) is 5. The first-order valence-corrected chi connectivity index (χ1v) is 8.24. The van der Waals surface area contributed by atoms with E-state index in [0.717, 1.165) is 16.8 Å². The molecule has 1 atom stereocenters. The second-order valence-electron chi connectivity index (χ2n) is 5.97. The van der Waals surface area contributed by atoms with Crippen LogP contribution in [0.4, 0.5) is 0 Å². The molecule has 2 heterocycles. The van der Waals surface area contributed by atoms with Crippen LogP contribution in [0.2, 0.25) is 0 Å². The molecule has 0 aliphatic heterocycles. The Balaban J connectivity index is 1.61. The van der Waals surface area contributed by atoms with E-state index in [1.165, 1.54) is 6.33 Å². The SMILES string of the molecule is C[C@@H](c1ccc(-n2cncn2)cc1)N(C)C(=O)CCc1cccnc1. The van der Waals surface area contributed by atoms with Gasteiger partial charge in [0.15, 0.2) is 0 Å². The number of aromatic nitrogens is 4. The topological polar surface area (TPSA) is 63.9 Å². The Labute approximate surface area is 147 Å². The van der Waals surface area contributed by atoms with Gasteiger partial charge in [-0.2, -0.15) is 5.10 Å². The van der Waals surface area contributed by atoms with Gasteiger partial charge in [-0.1, -0.05) is 18.2 Å². The fraction of sp³-hybridized carbons (Fsp3) is 0.263. The first kappa shape index (κ1) is 16.8. The minimum absolute atomic E-state index is 0.00574. The van der Waals surface area contributed by atoms with Crippen LogP contribution >= 0.6 is 0 Å². The average Bonchev–Trinajstić information content (AvgIpc) is 3.20. The van der Waals surface area contributed by atoms with E-state index >= 15 is 0 Å². The third-order valence-electron chi connectivity index (χ3n) is 4.38. The van der Waals surface area contributed by atoms with Crippen LogP contribution in [0.1, 0.15) is 30.5 Å². The van der Waals surface area contributed by atoms with Gasteiger partial charge in [-0.15, -0.1) is 0 Å². The zero-order valence-corrected chi connectivity index (χ0v) is 14.4. The van der Waals surface area contributed by atoms with E-state index in [0.29, 0.717) is 12.8 Å². The molecule has 3 rings (SSSR count). The normalized spacial score (nSPS) is 11.9. The molecule has 0 aliphatic carbocycles. The van der Waals surface area contributed by atoms with E-state index in [4.69, 9.17) is 0 Å². The van der Waals surface area contributed by atoms with Gasteiger partial charge in [0.05, 0.1) is 11.7 Å². The van der Waals surface area contributed by atoms with Crippen molar-refractivity contribution in [3.63, 3.8) is 0 Å². The summed E-state index contributed by atoms with van der Waals surface area (Å²) in [4.78, 5) is 22.3. The lowest BCUT2D eigenvalue weighted by molar-refractivity contribution is -0.131. The first-order chi connectivity index (χ1) is 12.1. The van der Waals surface area contributed by atoms with Crippen molar-refractivity contribution in [3.05, 3.63) is 72.6 Å². The number of carbonyl (C=O) groups excluding carboxylic acids is 1. The molecule has 6 heteroatoms. The fourth-order valence-corrected chi connectivity index (χ4v) is 2.66. The van der Waals surface area contributed by atoms with Crippen molar-refractivity contribution >= 4 is 5.91 Å². The highest BCUT2D eigenvalue weighted by Gasteiger charge is 2.17. The molecule has 6 nitrogen and oxygen atoms in total. The van der Waals surface area contributed by atoms with Crippen molar-refractivity contribution in [1.82, 2.24) is 24.6 Å². The lowest BCUT2D eigenvalue weighted by atomic mass is 10.1. The Bertz CT molecular complexity index is 800. The third-order valence-corrected chi connectivity index (χ3v) is 4.38. The molecule has 0 bridgehead atoms. The van der Waals surface area contributed by atoms with Gasteiger partial charge in [0.2, 0.25) is 5.91 Å². The summed E-state index contributed by atoms with van der Waals surface area (Å²) in [5.74, 6) is 0.122. The molecule has 3 aromatic rings. The van der Waals surface area contributed by atoms with Crippen molar-refractivity contribution < 1.29 is 4.79 Å². The molecule has 1 aromatic carbocycles. The monoisotopic (exact) mass is 335 g/mol. The van der Waals surface area contributed by atoms with Crippen LogP contribution in [0.5, 0.6) is 0 Å². The van der Waals surface area contributed by atoms with Crippen LogP contribution in [0.25, 0.3) is 5.69 Å². The second kappa shape index (κ2) is 7.70. The Morgan fingerprint density at radius 2 is 2.00 bits per heavy atom. The van der Waals surface area contributed by atoms with Gasteiger partial charge in [0, 0.05) is 25.9 Å². The lowest BCUT2D eigenvalue weighted by Gasteiger charge is -2.25. The molecule has 0 spiro atoms. The van der Waals surface area contributed by atoms with Crippen LogP contribution < -0.4 is 0 Å². The van der Waals surface area contributed by atoms with Gasteiger partial charge in [0.1, 0.15) is 12.7 Å². The van der Waals surface area contributed by atoms with Crippen LogP contribution in [0.3, 0.4) is 0 Å². The van der Waals surface area contributed by atoms with Crippen molar-refractivity contribution in [2.45, 2.75) is 25.8 Å². The molecule has 2 aromatic heterocycles. The van der Waals surface area contributed by atoms with Gasteiger partial charge in [0.25, 0.3) is 0 Å². The van der Waals surface area contributed by atoms with Crippen LogP contribution in [0.15, 0.2) is 61.4 Å². The van der Waals surface area contributed by atoms with Crippen LogP contribution in [0, 0.1) is 0 Å². The molecule has 0 aliphatic rings. The molecule has 0 saturated carbocycles. The standard InChI is InChI=1S/C19H21N5O/c1-15(17-6-8-18(9-7-17)24-14-21-13-22-24)23(2)19(25)10-5-16-4-3-11-20-12-16/h3-4,6-9,11-15H,5,10H2,1-2H3/t15-/m0/s1. The van der Waals surface area contributed by atoms with E-state index in [-0.39, 0.29) is 11.9 Å². The number of aryl methyl sites for hydroxylation is 1. The molecular weight excluding hydrogens is 314 g/mol. The smallest absolute Gasteiger partial charge is 0.223 e. The average molecular weight is 335 g/mol. The number of carbonyl (C=O) groups is 1. The molecule has 0 saturated heterocycles. The minimum atomic E-state index is 0.00574. The summed E-state index contributed by atoms with van der Waals surface area (Å²) in [5, 5.41) is 4.11. The number of hydrogen-bond acceptors (Lipinski definition) is 4. The number of benzene rings is 1. The van der Waals surface area contributed by atoms with Crippen molar-refractivity contribution in [2.24, 2.45) is 0 Å². The Morgan fingerprint density at radius 3 is 2.64 bits per heavy atom. The van der Waals surface area contributed by atoms with Gasteiger partial charge >= 0.3 is 0 Å². The maximum absolute atomic E-state index is 12.5. The van der Waals surface area contributed by atoms with Crippen LogP contribution in [-0.4, -0.2) is 37.6 Å². The quantitative estimate of drug-likeness (QED) is 0.695. The summed E-state index contributed by atoms with van der Waals surface area (Å²) in [6.45, 7) is 2.03. The Kier molecular flexibility index (Phi) is 5.18. The molecule has 0 fully saturated rings. The van der Waals surface area contributed by atoms with Crippen molar-refractivity contribution in [1.29, 1.82) is 0 Å². The van der Waals surface area contributed by atoms with E-state index < -0.39 is 0 Å². The highest BCUT2D eigenvalue weighted by molar-refractivity contribution is 5.76. The number of hydrogen-bond donors (Lipinski definition) is 0. The highest BCUT2D eigenvalue weighted by Crippen LogP contribution is 2.21. The number of rotatable bonds is 6. The summed E-state index contributed by atoms with van der Waals surface area (Å²) >= 11 is 0. The second-order valence-corrected chi connectivity index (χ2v) is 5.97. The van der Waals surface area contributed by atoms with Crippen LogP contribution in [-0.2, 0) is 11.2 Å². The summed E-state index contributed by atoms with van der Waals surface area (Å²) in [5.41, 5.74) is 3.11. The predicted molar refractivity (Wildman–Crippen MR) is 95.1 cm³/mol. The Hall–Kier alpha value is -3.02. The molecule has 0 N–H and O–H groups in total. The van der Waals surface area contributed by atoms with Gasteiger partial charge in [-0.25, -0.2) is 9.67 Å². The zero-order valence-electron chi connectivity index (χ0n) is 14.4. The molecule has 0 unspecified atom stereocenters. The molecular formula is C19H21N5O. The zero-order chi connectivity index (χ0) is 17.6. The van der Waals surface area contributed by atoms with E-state index in [1.807, 2.05) is 50.4 Å². The maximum atomic E-state index is 12.5. The lowest BCUT2D eigenvalue weighted by Crippen LogP contribution is -2.29. The van der Waals surface area contributed by atoms with Gasteiger partial charge in [-0.05, 0) is 42.7 Å². The van der Waals surface area contributed by atoms with E-state index in [2.05, 4.69) is 15.1 Å². The molecule has 25 heavy (non-hydrogen) atoms. The largest absolute Gasteiger partial charge is 0.339 e. The van der Waals surface area contributed by atoms with Crippen molar-refractivity contribution in [3.8, 4) is 5.69 Å². The van der Waals surface area contributed by atoms with Crippen molar-refractivity contribution in [2.75, 3.05) is 7.05 Å². The number of amides is 1. The van der Waals surface area contributed by atoms with E-state index in [1.54, 1.807) is 28.3 Å². The predicted octanol–water partition coefficient (Wildman–Crippen LogP) is 2.81. The highest BCUT2D eigenvalue weighted by atomic mass is 16.2. The third kappa shape index (κ3) is 4.09. The van der Waals surface area contributed by atoms with Gasteiger partial charge in [-0.3, -0.25) is 9.78 Å². The van der Waals surface area contributed by atoms with E-state index in [9.17, 15) is 4.79 Å². The molecule has 0 radical (unpaired) electrons. The summed E-state index contributed by atoms with van der Waals surface area (Å²) < 4.78 is 1.71. The molecule has 128 valence electrons. The number of pyridine rings is 1. The fourth-order valence-electron chi connectivity index (χ4n) is 2.66. The molecule has 1 amide bonds. The Morgan fingerprint density at radius 1 is 1.20 bits per heavy atom. The summed E-state index contributed by atoms with van der Waals surface area (Å²) in [6.07, 6.45) is 7.89. The van der Waals surface area contributed by atoms with Gasteiger partial charge < -0.3 is 4.90 Å². The summed E-state index contributed by atoms with van der Waals surface area (Å²) in [6, 6.07) is 11.9. The minimum Gasteiger partial charge on any atom is -0.339 e. The first-order valence-electron chi connectivity index (χ1n) is 8.24. The summed E-state index contributed by atoms with van der Waals surface area (Å²) in [7, 11) is 1.85.